The summed E-state index contributed by atoms with van der Waals surface area (Å²) in [5.74, 6) is -1.50. The van der Waals surface area contributed by atoms with Gasteiger partial charge in [-0.25, -0.2) is 9.18 Å². The number of halogens is 1. The summed E-state index contributed by atoms with van der Waals surface area (Å²) < 4.78 is 14.0. The number of fused-ring (bicyclic) bond motifs is 3. The number of rotatable bonds is 12. The number of nitrogens with one attached hydrogen (secondary N) is 2. The van der Waals surface area contributed by atoms with Crippen molar-refractivity contribution in [3.05, 3.63) is 76.7 Å². The van der Waals surface area contributed by atoms with Gasteiger partial charge in [-0.1, -0.05) is 44.2 Å². The largest absolute Gasteiger partial charge is 0.481 e. The highest BCUT2D eigenvalue weighted by molar-refractivity contribution is 5.91. The number of carboxylic acids is 1. The number of aliphatic carboxylic acids is 1. The van der Waals surface area contributed by atoms with Crippen LogP contribution in [0.2, 0.25) is 0 Å². The molecule has 1 aliphatic rings. The molecule has 0 spiro atoms. The van der Waals surface area contributed by atoms with Gasteiger partial charge in [0.05, 0.1) is 30.0 Å². The molecule has 0 radical (unpaired) electrons. The first-order valence-electron chi connectivity index (χ1n) is 15.3. The Balaban J connectivity index is 1.78. The van der Waals surface area contributed by atoms with Gasteiger partial charge in [0.15, 0.2) is 0 Å². The lowest BCUT2D eigenvalue weighted by Crippen LogP contribution is -2.34. The zero-order valence-corrected chi connectivity index (χ0v) is 26.3. The highest BCUT2D eigenvalue weighted by Gasteiger charge is 2.26. The van der Waals surface area contributed by atoms with Gasteiger partial charge in [0.2, 0.25) is 0 Å². The average molecular weight is 619 g/mol. The van der Waals surface area contributed by atoms with E-state index in [0.29, 0.717) is 18.7 Å². The number of hydrogen-bond donors (Lipinski definition) is 5. The van der Waals surface area contributed by atoms with E-state index in [1.165, 1.54) is 12.1 Å². The molecule has 1 aromatic heterocycles. The van der Waals surface area contributed by atoms with Crippen LogP contribution in [-0.4, -0.2) is 76.6 Å². The highest BCUT2D eigenvalue weighted by atomic mass is 19.1. The summed E-state index contributed by atoms with van der Waals surface area (Å²) in [6.07, 6.45) is 2.79. The van der Waals surface area contributed by atoms with Crippen LogP contribution in [0.3, 0.4) is 0 Å². The molecule has 1 heterocycles. The maximum Gasteiger partial charge on any atom is 0.319 e. The topological polar surface area (TPSA) is 135 Å². The number of anilines is 1. The Morgan fingerprint density at radius 2 is 1.82 bits per heavy atom. The van der Waals surface area contributed by atoms with Crippen molar-refractivity contribution < 1.29 is 29.3 Å². The second-order valence-corrected chi connectivity index (χ2v) is 12.1. The minimum absolute atomic E-state index is 0.0117. The number of hydrogen-bond acceptors (Lipinski definition) is 6. The van der Waals surface area contributed by atoms with Crippen LogP contribution in [0.1, 0.15) is 61.4 Å². The van der Waals surface area contributed by atoms with Gasteiger partial charge in [0, 0.05) is 36.3 Å². The zero-order chi connectivity index (χ0) is 32.7. The van der Waals surface area contributed by atoms with Crippen molar-refractivity contribution in [2.75, 3.05) is 32.5 Å². The van der Waals surface area contributed by atoms with Gasteiger partial charge in [-0.15, -0.1) is 0 Å². The number of likely N-dealkylation sites (N-methyl/N-ethyl adjacent to an activating group) is 1. The molecule has 2 amide bonds. The second-order valence-electron chi connectivity index (χ2n) is 12.1. The number of pyridine rings is 1. The van der Waals surface area contributed by atoms with E-state index in [0.717, 1.165) is 64.2 Å². The maximum atomic E-state index is 14.0. The van der Waals surface area contributed by atoms with E-state index in [9.17, 15) is 24.2 Å². The summed E-state index contributed by atoms with van der Waals surface area (Å²) in [6, 6.07) is 11.9. The standard InChI is InChI=1S/C35H43FN4O5/c1-21(2)33-30(15-13-26(41)19-27(42)20-31(43)44)32(22-8-10-24(36)11-9-22)29-7-5-6-23-18-25(12-14-28(23)34(29)39-33)38-35(45)37-16-17-40(3)4/h8-15,18,21,26-27,41-42H,5-7,16-17,19-20H2,1-4H3,(H,43,44)(H2,37,38,45)/t26-,27-/m1/s1. The van der Waals surface area contributed by atoms with E-state index in [-0.39, 0.29) is 24.2 Å². The van der Waals surface area contributed by atoms with Crippen molar-refractivity contribution in [3.63, 3.8) is 0 Å². The maximum absolute atomic E-state index is 14.0. The van der Waals surface area contributed by atoms with Gasteiger partial charge in [-0.3, -0.25) is 9.78 Å². The summed E-state index contributed by atoms with van der Waals surface area (Å²) in [4.78, 5) is 30.7. The van der Waals surface area contributed by atoms with E-state index in [1.54, 1.807) is 24.3 Å². The fourth-order valence-electron chi connectivity index (χ4n) is 5.66. The number of carbonyl (C=O) groups is 2. The van der Waals surface area contributed by atoms with E-state index < -0.39 is 24.6 Å². The van der Waals surface area contributed by atoms with E-state index in [1.807, 2.05) is 51.0 Å². The Labute approximate surface area is 263 Å². The third-order valence-electron chi connectivity index (χ3n) is 7.79. The summed E-state index contributed by atoms with van der Waals surface area (Å²) in [5.41, 5.74) is 7.87. The number of aliphatic hydroxyl groups excluding tert-OH is 2. The number of nitrogens with zero attached hydrogens (tertiary/aromatic N) is 2. The molecule has 0 aliphatic heterocycles. The van der Waals surface area contributed by atoms with E-state index in [2.05, 4.69) is 10.6 Å². The van der Waals surface area contributed by atoms with E-state index in [4.69, 9.17) is 10.1 Å². The van der Waals surface area contributed by atoms with Crippen molar-refractivity contribution in [3.8, 4) is 22.4 Å². The van der Waals surface area contributed by atoms with E-state index >= 15 is 0 Å². The van der Waals surface area contributed by atoms with Crippen LogP contribution in [0.4, 0.5) is 14.9 Å². The molecule has 240 valence electrons. The highest BCUT2D eigenvalue weighted by Crippen LogP contribution is 2.42. The van der Waals surface area contributed by atoms with Gasteiger partial charge >= 0.3 is 12.0 Å². The monoisotopic (exact) mass is 618 g/mol. The molecular weight excluding hydrogens is 575 g/mol. The lowest BCUT2D eigenvalue weighted by atomic mass is 9.86. The first kappa shape index (κ1) is 33.8. The van der Waals surface area contributed by atoms with Crippen molar-refractivity contribution in [1.82, 2.24) is 15.2 Å². The molecule has 9 nitrogen and oxygen atoms in total. The van der Waals surface area contributed by atoms with Crippen LogP contribution in [0.15, 0.2) is 48.5 Å². The van der Waals surface area contributed by atoms with Crippen molar-refractivity contribution in [2.24, 2.45) is 0 Å². The van der Waals surface area contributed by atoms with Crippen molar-refractivity contribution in [1.29, 1.82) is 0 Å². The van der Waals surface area contributed by atoms with Crippen LogP contribution >= 0.6 is 0 Å². The van der Waals surface area contributed by atoms with Gasteiger partial charge in [-0.05, 0) is 85.8 Å². The van der Waals surface area contributed by atoms with Gasteiger partial charge in [0.25, 0.3) is 0 Å². The Kier molecular flexibility index (Phi) is 11.4. The Morgan fingerprint density at radius 1 is 1.09 bits per heavy atom. The molecule has 45 heavy (non-hydrogen) atoms. The molecule has 4 rings (SSSR count). The smallest absolute Gasteiger partial charge is 0.319 e. The molecule has 0 saturated carbocycles. The number of urea groups is 1. The van der Waals surface area contributed by atoms with Crippen molar-refractivity contribution >= 4 is 23.8 Å². The minimum atomic E-state index is -1.19. The molecule has 0 bridgehead atoms. The van der Waals surface area contributed by atoms with Crippen LogP contribution < -0.4 is 10.6 Å². The number of amides is 2. The summed E-state index contributed by atoms with van der Waals surface area (Å²) >= 11 is 0. The van der Waals surface area contributed by atoms with Crippen LogP contribution in [0.25, 0.3) is 28.5 Å². The molecule has 3 aromatic rings. The van der Waals surface area contributed by atoms with Crippen LogP contribution in [-0.2, 0) is 17.6 Å². The number of aromatic nitrogens is 1. The SMILES string of the molecule is CC(C)c1nc2c(c(-c3ccc(F)cc3)c1C=C[C@@H](O)C[C@@H](O)CC(=O)O)CCCc1cc(NC(=O)NCCN(C)C)ccc1-2. The number of carboxylic acid groups (broad SMARTS) is 1. The Hall–Kier alpha value is -4.12. The van der Waals surface area contributed by atoms with Gasteiger partial charge < -0.3 is 30.9 Å². The Bertz CT molecular complexity index is 1540. The predicted octanol–water partition coefficient (Wildman–Crippen LogP) is 5.45. The number of aryl methyl sites for hydroxylation is 1. The van der Waals surface area contributed by atoms with Gasteiger partial charge in [0.1, 0.15) is 5.82 Å². The lowest BCUT2D eigenvalue weighted by Gasteiger charge is -2.22. The number of aliphatic hydroxyl groups is 2. The normalized spacial score (nSPS) is 14.2. The molecule has 2 aromatic carbocycles. The third-order valence-corrected chi connectivity index (χ3v) is 7.79. The molecule has 10 heteroatoms. The molecule has 1 aliphatic carbocycles. The average Bonchev–Trinajstić information content (AvgIpc) is 3.14. The molecule has 0 saturated heterocycles. The molecule has 5 N–H and O–H groups in total. The first-order chi connectivity index (χ1) is 21.4. The minimum Gasteiger partial charge on any atom is -0.481 e. The van der Waals surface area contributed by atoms with Crippen molar-refractivity contribution in [2.45, 2.75) is 64.1 Å². The lowest BCUT2D eigenvalue weighted by molar-refractivity contribution is -0.139. The predicted molar refractivity (Wildman–Crippen MR) is 175 cm³/mol. The quantitative estimate of drug-likeness (QED) is 0.182. The fraction of sp³-hybridized carbons (Fsp3) is 0.400. The summed E-state index contributed by atoms with van der Waals surface area (Å²) in [6.45, 7) is 5.33. The zero-order valence-electron chi connectivity index (χ0n) is 26.3. The Morgan fingerprint density at radius 3 is 2.49 bits per heavy atom. The van der Waals surface area contributed by atoms with Crippen LogP contribution in [0.5, 0.6) is 0 Å². The molecule has 0 unspecified atom stereocenters. The first-order valence-corrected chi connectivity index (χ1v) is 15.3. The summed E-state index contributed by atoms with van der Waals surface area (Å²) in [7, 11) is 3.90. The second kappa shape index (κ2) is 15.2. The molecular formula is C35H43FN4O5. The number of benzene rings is 2. The van der Waals surface area contributed by atoms with Crippen LogP contribution in [0, 0.1) is 5.82 Å². The molecule has 0 fully saturated rings. The number of carbonyl (C=O) groups excluding carboxylic acids is 1. The van der Waals surface area contributed by atoms with Gasteiger partial charge in [-0.2, -0.15) is 0 Å². The fourth-order valence-corrected chi connectivity index (χ4v) is 5.66. The third kappa shape index (κ3) is 8.97. The molecule has 2 atom stereocenters. The summed E-state index contributed by atoms with van der Waals surface area (Å²) in [5, 5.41) is 35.5.